The highest BCUT2D eigenvalue weighted by atomic mass is 16.5. The summed E-state index contributed by atoms with van der Waals surface area (Å²) in [5.41, 5.74) is -0.808. The van der Waals surface area contributed by atoms with E-state index in [0.717, 1.165) is 18.9 Å². The molecular weight excluding hydrogens is 268 g/mol. The third kappa shape index (κ3) is 3.96. The monoisotopic (exact) mass is 296 g/mol. The topological polar surface area (TPSA) is 58.6 Å². The molecule has 2 aliphatic rings. The average molecular weight is 296 g/mol. The summed E-state index contributed by atoms with van der Waals surface area (Å²) in [4.78, 5) is 26.6. The highest BCUT2D eigenvalue weighted by Crippen LogP contribution is 2.28. The van der Waals surface area contributed by atoms with Crippen LogP contribution in [0, 0.1) is 11.8 Å². The first-order valence-corrected chi connectivity index (χ1v) is 8.04. The molecule has 0 bridgehead atoms. The Balaban J connectivity index is 1.90. The van der Waals surface area contributed by atoms with Crippen molar-refractivity contribution < 1.29 is 14.3 Å². The molecule has 21 heavy (non-hydrogen) atoms. The number of nitrogens with zero attached hydrogens (tertiary/aromatic N) is 1. The lowest BCUT2D eigenvalue weighted by Gasteiger charge is -2.44. The summed E-state index contributed by atoms with van der Waals surface area (Å²) in [6.07, 6.45) is 3.35. The Hall–Kier alpha value is -1.10. The van der Waals surface area contributed by atoms with Crippen LogP contribution in [0.1, 0.15) is 47.0 Å². The molecule has 1 saturated heterocycles. The summed E-state index contributed by atoms with van der Waals surface area (Å²) in [7, 11) is 0. The van der Waals surface area contributed by atoms with Crippen molar-refractivity contribution in [2.24, 2.45) is 11.8 Å². The van der Waals surface area contributed by atoms with Crippen molar-refractivity contribution in [2.45, 2.75) is 58.5 Å². The quantitative estimate of drug-likeness (QED) is 0.725. The van der Waals surface area contributed by atoms with Crippen molar-refractivity contribution in [1.29, 1.82) is 0 Å². The standard InChI is InChI=1S/C16H28N2O3/c1-11(2)13-14(19)17-16(3,4)15(20)18(13)8-5-9-21-10-12-6-7-12/h11-13H,5-10H2,1-4H3,(H,17,19). The molecule has 1 heterocycles. The van der Waals surface area contributed by atoms with Gasteiger partial charge in [0.05, 0.1) is 0 Å². The fourth-order valence-corrected chi connectivity index (χ4v) is 2.84. The zero-order valence-electron chi connectivity index (χ0n) is 13.6. The lowest BCUT2D eigenvalue weighted by Crippen LogP contribution is -2.69. The van der Waals surface area contributed by atoms with Gasteiger partial charge in [0, 0.05) is 19.8 Å². The Morgan fingerprint density at radius 2 is 2.00 bits per heavy atom. The van der Waals surface area contributed by atoms with E-state index < -0.39 is 5.54 Å². The molecule has 1 aliphatic heterocycles. The van der Waals surface area contributed by atoms with E-state index in [4.69, 9.17) is 4.74 Å². The number of amides is 2. The summed E-state index contributed by atoms with van der Waals surface area (Å²) < 4.78 is 5.62. The van der Waals surface area contributed by atoms with Gasteiger partial charge < -0.3 is 15.0 Å². The van der Waals surface area contributed by atoms with E-state index in [9.17, 15) is 9.59 Å². The Bertz CT molecular complexity index is 402. The molecule has 0 radical (unpaired) electrons. The molecule has 1 N–H and O–H groups in total. The van der Waals surface area contributed by atoms with Crippen LogP contribution in [-0.2, 0) is 14.3 Å². The van der Waals surface area contributed by atoms with Crippen molar-refractivity contribution in [2.75, 3.05) is 19.8 Å². The maximum absolute atomic E-state index is 12.6. The van der Waals surface area contributed by atoms with E-state index in [1.54, 1.807) is 18.7 Å². The van der Waals surface area contributed by atoms with Gasteiger partial charge in [0.1, 0.15) is 11.6 Å². The van der Waals surface area contributed by atoms with E-state index in [2.05, 4.69) is 5.32 Å². The summed E-state index contributed by atoms with van der Waals surface area (Å²) in [6, 6.07) is -0.367. The van der Waals surface area contributed by atoms with Crippen molar-refractivity contribution in [3.8, 4) is 0 Å². The van der Waals surface area contributed by atoms with Gasteiger partial charge >= 0.3 is 0 Å². The number of rotatable bonds is 7. The normalized spacial score (nSPS) is 25.4. The molecule has 0 spiro atoms. The second-order valence-electron chi connectivity index (χ2n) is 7.17. The maximum Gasteiger partial charge on any atom is 0.248 e. The second kappa shape index (κ2) is 6.34. The molecule has 120 valence electrons. The predicted octanol–water partition coefficient (Wildman–Crippen LogP) is 1.56. The minimum atomic E-state index is -0.808. The van der Waals surface area contributed by atoms with E-state index in [1.165, 1.54) is 12.8 Å². The lowest BCUT2D eigenvalue weighted by atomic mass is 9.91. The van der Waals surface area contributed by atoms with Crippen LogP contribution in [-0.4, -0.2) is 48.1 Å². The van der Waals surface area contributed by atoms with Crippen LogP contribution in [0.15, 0.2) is 0 Å². The molecule has 1 saturated carbocycles. The zero-order chi connectivity index (χ0) is 15.6. The molecule has 1 atom stereocenters. The van der Waals surface area contributed by atoms with Gasteiger partial charge in [-0.05, 0) is 44.9 Å². The lowest BCUT2D eigenvalue weighted by molar-refractivity contribution is -0.155. The predicted molar refractivity (Wildman–Crippen MR) is 80.7 cm³/mol. The fourth-order valence-electron chi connectivity index (χ4n) is 2.84. The molecule has 2 amide bonds. The van der Waals surface area contributed by atoms with Gasteiger partial charge in [-0.25, -0.2) is 0 Å². The first kappa shape index (κ1) is 16.3. The molecule has 2 rings (SSSR count). The molecule has 0 aromatic carbocycles. The molecule has 0 aromatic rings. The van der Waals surface area contributed by atoms with Crippen molar-refractivity contribution in [3.63, 3.8) is 0 Å². The van der Waals surface area contributed by atoms with Gasteiger partial charge in [-0.3, -0.25) is 9.59 Å². The summed E-state index contributed by atoms with van der Waals surface area (Å²) >= 11 is 0. The largest absolute Gasteiger partial charge is 0.381 e. The minimum Gasteiger partial charge on any atom is -0.381 e. The van der Waals surface area contributed by atoms with Crippen LogP contribution in [0.5, 0.6) is 0 Å². The Morgan fingerprint density at radius 3 is 2.57 bits per heavy atom. The first-order valence-electron chi connectivity index (χ1n) is 8.04. The second-order valence-corrected chi connectivity index (χ2v) is 7.17. The Labute approximate surface area is 127 Å². The number of hydrogen-bond donors (Lipinski definition) is 1. The Morgan fingerprint density at radius 1 is 1.33 bits per heavy atom. The molecule has 5 nitrogen and oxygen atoms in total. The third-order valence-electron chi connectivity index (χ3n) is 4.21. The van der Waals surface area contributed by atoms with Crippen LogP contribution in [0.4, 0.5) is 0 Å². The highest BCUT2D eigenvalue weighted by Gasteiger charge is 2.45. The van der Waals surface area contributed by atoms with Crippen molar-refractivity contribution in [1.82, 2.24) is 10.2 Å². The van der Waals surface area contributed by atoms with Crippen LogP contribution in [0.3, 0.4) is 0 Å². The van der Waals surface area contributed by atoms with Gasteiger partial charge in [-0.15, -0.1) is 0 Å². The number of hydrogen-bond acceptors (Lipinski definition) is 3. The summed E-state index contributed by atoms with van der Waals surface area (Å²) in [5.74, 6) is 0.823. The average Bonchev–Trinajstić information content (AvgIpc) is 3.17. The highest BCUT2D eigenvalue weighted by molar-refractivity contribution is 5.99. The molecule has 5 heteroatoms. The van der Waals surface area contributed by atoms with Crippen LogP contribution < -0.4 is 5.32 Å². The first-order chi connectivity index (χ1) is 9.83. The van der Waals surface area contributed by atoms with Gasteiger partial charge in [0.15, 0.2) is 0 Å². The molecule has 1 unspecified atom stereocenters. The fraction of sp³-hybridized carbons (Fsp3) is 0.875. The van der Waals surface area contributed by atoms with Gasteiger partial charge in [0.2, 0.25) is 11.8 Å². The zero-order valence-corrected chi connectivity index (χ0v) is 13.6. The molecular formula is C16H28N2O3. The minimum absolute atomic E-state index is 0.00277. The van der Waals surface area contributed by atoms with Gasteiger partial charge in [-0.1, -0.05) is 13.8 Å². The van der Waals surface area contributed by atoms with Crippen LogP contribution in [0.2, 0.25) is 0 Å². The number of carbonyl (C=O) groups is 2. The maximum atomic E-state index is 12.6. The SMILES string of the molecule is CC(C)C1C(=O)NC(C)(C)C(=O)N1CCCOCC1CC1. The third-order valence-corrected chi connectivity index (χ3v) is 4.21. The number of carbonyl (C=O) groups excluding carboxylic acids is 2. The number of piperazine rings is 1. The Kier molecular flexibility index (Phi) is 4.91. The molecule has 0 aromatic heterocycles. The van der Waals surface area contributed by atoms with E-state index in [0.29, 0.717) is 13.2 Å². The smallest absolute Gasteiger partial charge is 0.248 e. The van der Waals surface area contributed by atoms with Crippen LogP contribution >= 0.6 is 0 Å². The van der Waals surface area contributed by atoms with E-state index >= 15 is 0 Å². The van der Waals surface area contributed by atoms with Crippen molar-refractivity contribution in [3.05, 3.63) is 0 Å². The van der Waals surface area contributed by atoms with E-state index in [-0.39, 0.29) is 23.8 Å². The number of ether oxygens (including phenoxy) is 1. The van der Waals surface area contributed by atoms with Crippen LogP contribution in [0.25, 0.3) is 0 Å². The van der Waals surface area contributed by atoms with Gasteiger partial charge in [0.25, 0.3) is 0 Å². The summed E-state index contributed by atoms with van der Waals surface area (Å²) in [5, 5.41) is 2.83. The summed E-state index contributed by atoms with van der Waals surface area (Å²) in [6.45, 7) is 9.57. The number of nitrogens with one attached hydrogen (secondary N) is 1. The van der Waals surface area contributed by atoms with Gasteiger partial charge in [-0.2, -0.15) is 0 Å². The van der Waals surface area contributed by atoms with E-state index in [1.807, 2.05) is 13.8 Å². The molecule has 1 aliphatic carbocycles. The van der Waals surface area contributed by atoms with Crippen molar-refractivity contribution >= 4 is 11.8 Å². The molecule has 2 fully saturated rings.